The molecule has 0 radical (unpaired) electrons. The number of aromatic nitrogens is 4. The molecule has 8 nitrogen and oxygen atoms in total. The maximum Gasteiger partial charge on any atom is 0.163 e. The van der Waals surface area contributed by atoms with Gasteiger partial charge in [0.05, 0.1) is 22.5 Å². The molecule has 3 heterocycles. The Morgan fingerprint density at radius 1 is 1.00 bits per heavy atom. The number of halogens is 2. The van der Waals surface area contributed by atoms with Gasteiger partial charge in [0.1, 0.15) is 23.5 Å². The van der Waals surface area contributed by atoms with Gasteiger partial charge >= 0.3 is 0 Å². The van der Waals surface area contributed by atoms with E-state index in [1.54, 1.807) is 47.1 Å². The van der Waals surface area contributed by atoms with Crippen molar-refractivity contribution in [2.24, 2.45) is 0 Å². The number of fused-ring (bicyclic) bond motifs is 1. The van der Waals surface area contributed by atoms with Gasteiger partial charge < -0.3 is 10.6 Å². The summed E-state index contributed by atoms with van der Waals surface area (Å²) in [6.45, 7) is 1.08. The van der Waals surface area contributed by atoms with Crippen LogP contribution in [0.4, 0.5) is 11.6 Å². The van der Waals surface area contributed by atoms with Crippen LogP contribution in [0, 0.1) is 22.7 Å². The van der Waals surface area contributed by atoms with Crippen molar-refractivity contribution in [2.75, 3.05) is 23.7 Å². The van der Waals surface area contributed by atoms with Gasteiger partial charge in [-0.3, -0.25) is 0 Å². The van der Waals surface area contributed by atoms with Gasteiger partial charge in [0.25, 0.3) is 0 Å². The third-order valence-electron chi connectivity index (χ3n) is 4.39. The fraction of sp³-hybridized carbons (Fsp3) is 0.0952. The lowest BCUT2D eigenvalue weighted by molar-refractivity contribution is 0.935. The molecule has 0 amide bonds. The highest BCUT2D eigenvalue weighted by Crippen LogP contribution is 2.31. The second-order valence-electron chi connectivity index (χ2n) is 6.47. The van der Waals surface area contributed by atoms with Crippen molar-refractivity contribution in [3.63, 3.8) is 0 Å². The number of benzene rings is 1. The van der Waals surface area contributed by atoms with Crippen LogP contribution in [0.2, 0.25) is 10.0 Å². The van der Waals surface area contributed by atoms with Gasteiger partial charge in [-0.15, -0.1) is 0 Å². The minimum absolute atomic E-state index is 0.282. The van der Waals surface area contributed by atoms with Crippen LogP contribution >= 0.6 is 23.2 Å². The van der Waals surface area contributed by atoms with E-state index < -0.39 is 0 Å². The van der Waals surface area contributed by atoms with Crippen LogP contribution in [0.1, 0.15) is 11.3 Å². The van der Waals surface area contributed by atoms with Crippen LogP contribution in [0.25, 0.3) is 16.8 Å². The first kappa shape index (κ1) is 20.4. The second kappa shape index (κ2) is 8.88. The molecule has 1 aromatic carbocycles. The minimum atomic E-state index is 0.282. The monoisotopic (exact) mass is 448 g/mol. The fourth-order valence-corrected chi connectivity index (χ4v) is 3.45. The number of hydrogen-bond donors (Lipinski definition) is 2. The van der Waals surface area contributed by atoms with E-state index in [9.17, 15) is 5.26 Å². The molecule has 4 aromatic rings. The predicted octanol–water partition coefficient (Wildman–Crippen LogP) is 4.37. The molecule has 0 saturated carbocycles. The summed E-state index contributed by atoms with van der Waals surface area (Å²) >= 11 is 12.4. The molecule has 3 aromatic heterocycles. The standard InChI is InChI=1S/C21H14Cl2N8/c22-14-2-3-16(17(23)7-14)18-12-31-19(8-15(10-25)30-31)21(29-18)27-6-5-26-20-4-1-13(9-24)11-28-20/h1-4,7-8,11-12H,5-6H2,(H,26,28)(H,27,29). The maximum absolute atomic E-state index is 9.23. The van der Waals surface area contributed by atoms with Gasteiger partial charge in [0, 0.05) is 35.9 Å². The van der Waals surface area contributed by atoms with Crippen LogP contribution in [0.3, 0.4) is 0 Å². The largest absolute Gasteiger partial charge is 0.368 e. The first-order valence-electron chi connectivity index (χ1n) is 9.17. The number of anilines is 2. The summed E-state index contributed by atoms with van der Waals surface area (Å²) in [7, 11) is 0. The van der Waals surface area contributed by atoms with Gasteiger partial charge in [0.2, 0.25) is 0 Å². The van der Waals surface area contributed by atoms with Crippen LogP contribution in [0.5, 0.6) is 0 Å². The minimum Gasteiger partial charge on any atom is -0.368 e. The molecule has 0 aliphatic carbocycles. The average molecular weight is 449 g/mol. The Morgan fingerprint density at radius 2 is 1.84 bits per heavy atom. The summed E-state index contributed by atoms with van der Waals surface area (Å²) in [6.07, 6.45) is 3.23. The predicted molar refractivity (Wildman–Crippen MR) is 119 cm³/mol. The Balaban J connectivity index is 1.57. The van der Waals surface area contributed by atoms with Crippen molar-refractivity contribution in [2.45, 2.75) is 0 Å². The Hall–Kier alpha value is -3.85. The zero-order valence-electron chi connectivity index (χ0n) is 16.0. The van der Waals surface area contributed by atoms with Gasteiger partial charge in [-0.05, 0) is 30.3 Å². The Kier molecular flexibility index (Phi) is 5.85. The van der Waals surface area contributed by atoms with E-state index in [1.165, 1.54) is 6.20 Å². The van der Waals surface area contributed by atoms with E-state index in [4.69, 9.17) is 28.5 Å². The van der Waals surface area contributed by atoms with Crippen LogP contribution in [-0.4, -0.2) is 32.7 Å². The van der Waals surface area contributed by atoms with Crippen molar-refractivity contribution in [3.8, 4) is 23.4 Å². The number of nitriles is 2. The molecule has 0 spiro atoms. The summed E-state index contributed by atoms with van der Waals surface area (Å²) < 4.78 is 1.60. The van der Waals surface area contributed by atoms with E-state index in [1.807, 2.05) is 12.1 Å². The molecular formula is C21H14Cl2N8. The molecule has 0 unspecified atom stereocenters. The number of nitrogens with zero attached hydrogens (tertiary/aromatic N) is 6. The summed E-state index contributed by atoms with van der Waals surface area (Å²) in [6, 6.07) is 14.4. The zero-order chi connectivity index (χ0) is 21.8. The van der Waals surface area contributed by atoms with Crippen LogP contribution < -0.4 is 10.6 Å². The highest BCUT2D eigenvalue weighted by Gasteiger charge is 2.13. The summed E-state index contributed by atoms with van der Waals surface area (Å²) in [5.41, 5.74) is 2.74. The molecule has 0 bridgehead atoms. The molecule has 31 heavy (non-hydrogen) atoms. The molecule has 2 N–H and O–H groups in total. The van der Waals surface area contributed by atoms with Crippen LogP contribution in [0.15, 0.2) is 48.8 Å². The average Bonchev–Trinajstić information content (AvgIpc) is 3.20. The van der Waals surface area contributed by atoms with Crippen molar-refractivity contribution in [1.29, 1.82) is 10.5 Å². The molecule has 10 heteroatoms. The molecule has 0 fully saturated rings. The molecule has 0 aliphatic heterocycles. The Labute approximate surface area is 187 Å². The Bertz CT molecular complexity index is 1330. The van der Waals surface area contributed by atoms with Gasteiger partial charge in [-0.1, -0.05) is 23.2 Å². The van der Waals surface area contributed by atoms with Gasteiger partial charge in [0.15, 0.2) is 11.5 Å². The lowest BCUT2D eigenvalue weighted by Gasteiger charge is -2.12. The number of nitrogens with one attached hydrogen (secondary N) is 2. The van der Waals surface area contributed by atoms with Crippen molar-refractivity contribution < 1.29 is 0 Å². The number of hydrogen-bond acceptors (Lipinski definition) is 7. The highest BCUT2D eigenvalue weighted by molar-refractivity contribution is 6.36. The third kappa shape index (κ3) is 4.51. The molecule has 0 saturated heterocycles. The van der Waals surface area contributed by atoms with E-state index in [-0.39, 0.29) is 5.69 Å². The third-order valence-corrected chi connectivity index (χ3v) is 4.94. The normalized spacial score (nSPS) is 10.5. The lowest BCUT2D eigenvalue weighted by atomic mass is 10.1. The molecular weight excluding hydrogens is 435 g/mol. The van der Waals surface area contributed by atoms with Crippen molar-refractivity contribution >= 4 is 40.4 Å². The van der Waals surface area contributed by atoms with Crippen LogP contribution in [-0.2, 0) is 0 Å². The Morgan fingerprint density at radius 3 is 2.55 bits per heavy atom. The van der Waals surface area contributed by atoms with Gasteiger partial charge in [-0.25, -0.2) is 14.5 Å². The summed E-state index contributed by atoms with van der Waals surface area (Å²) in [4.78, 5) is 8.86. The number of rotatable bonds is 6. The first-order valence-corrected chi connectivity index (χ1v) is 9.93. The summed E-state index contributed by atoms with van der Waals surface area (Å²) in [5, 5.41) is 29.8. The maximum atomic E-state index is 9.23. The SMILES string of the molecule is N#Cc1ccc(NCCNc2nc(-c3ccc(Cl)cc3Cl)cn3nc(C#N)cc23)nc1. The van der Waals surface area contributed by atoms with E-state index >= 15 is 0 Å². The topological polar surface area (TPSA) is 115 Å². The fourth-order valence-electron chi connectivity index (χ4n) is 2.94. The number of pyridine rings is 1. The lowest BCUT2D eigenvalue weighted by Crippen LogP contribution is -2.15. The smallest absolute Gasteiger partial charge is 0.163 e. The highest BCUT2D eigenvalue weighted by atomic mass is 35.5. The quantitative estimate of drug-likeness (QED) is 0.420. The van der Waals surface area contributed by atoms with E-state index in [0.717, 1.165) is 0 Å². The second-order valence-corrected chi connectivity index (χ2v) is 7.31. The van der Waals surface area contributed by atoms with E-state index in [0.29, 0.717) is 57.1 Å². The molecule has 0 aliphatic rings. The van der Waals surface area contributed by atoms with Crippen molar-refractivity contribution in [1.82, 2.24) is 19.6 Å². The molecule has 0 atom stereocenters. The zero-order valence-corrected chi connectivity index (χ0v) is 17.5. The molecule has 4 rings (SSSR count). The van der Waals surface area contributed by atoms with Crippen molar-refractivity contribution in [3.05, 3.63) is 70.1 Å². The first-order chi connectivity index (χ1) is 15.1. The summed E-state index contributed by atoms with van der Waals surface area (Å²) in [5.74, 6) is 1.23. The van der Waals surface area contributed by atoms with E-state index in [2.05, 4.69) is 25.7 Å². The molecule has 152 valence electrons. The van der Waals surface area contributed by atoms with Gasteiger partial charge in [-0.2, -0.15) is 15.6 Å².